The molecule has 1 fully saturated rings. The van der Waals surface area contributed by atoms with Crippen molar-refractivity contribution in [2.75, 3.05) is 26.4 Å². The normalized spacial score (nSPS) is 16.2. The lowest BCUT2D eigenvalue weighted by molar-refractivity contribution is -0.131. The molecule has 0 amide bonds. The van der Waals surface area contributed by atoms with E-state index < -0.39 is 5.97 Å². The average Bonchev–Trinajstić information content (AvgIpc) is 2.52. The van der Waals surface area contributed by atoms with Crippen LogP contribution in [0.2, 0.25) is 0 Å². The second-order valence-corrected chi connectivity index (χ2v) is 4.77. The molecule has 5 nitrogen and oxygen atoms in total. The van der Waals surface area contributed by atoms with Gasteiger partial charge in [-0.3, -0.25) is 0 Å². The molecule has 114 valence electrons. The number of carbonyl (C=O) groups is 1. The molecule has 1 aromatic rings. The van der Waals surface area contributed by atoms with Crippen LogP contribution in [-0.2, 0) is 14.3 Å². The van der Waals surface area contributed by atoms with E-state index in [9.17, 15) is 4.79 Å². The van der Waals surface area contributed by atoms with Gasteiger partial charge in [-0.1, -0.05) is 12.1 Å². The van der Waals surface area contributed by atoms with Crippen molar-refractivity contribution in [2.45, 2.75) is 18.9 Å². The van der Waals surface area contributed by atoms with Crippen molar-refractivity contribution in [1.29, 1.82) is 0 Å². The van der Waals surface area contributed by atoms with Gasteiger partial charge in [-0.05, 0) is 36.6 Å². The number of benzene rings is 1. The molecule has 1 aliphatic rings. The Labute approximate surface area is 124 Å². The van der Waals surface area contributed by atoms with Crippen LogP contribution in [0, 0.1) is 0 Å². The van der Waals surface area contributed by atoms with Gasteiger partial charge in [0, 0.05) is 19.3 Å². The average molecular weight is 292 g/mol. The Bertz CT molecular complexity index is 460. The maximum absolute atomic E-state index is 10.4. The zero-order valence-corrected chi connectivity index (χ0v) is 11.9. The molecule has 0 spiro atoms. The first kappa shape index (κ1) is 15.5. The molecular weight excluding hydrogens is 272 g/mol. The Hall–Kier alpha value is -1.85. The molecule has 0 unspecified atom stereocenters. The van der Waals surface area contributed by atoms with Crippen LogP contribution >= 0.6 is 0 Å². The topological polar surface area (TPSA) is 65.0 Å². The number of ether oxygens (including phenoxy) is 3. The lowest BCUT2D eigenvalue weighted by Crippen LogP contribution is -2.25. The van der Waals surface area contributed by atoms with Crippen molar-refractivity contribution < 1.29 is 24.1 Å². The fourth-order valence-corrected chi connectivity index (χ4v) is 2.06. The van der Waals surface area contributed by atoms with Crippen LogP contribution in [0.5, 0.6) is 5.75 Å². The zero-order chi connectivity index (χ0) is 14.9. The largest absolute Gasteiger partial charge is 0.491 e. The van der Waals surface area contributed by atoms with Crippen molar-refractivity contribution in [2.24, 2.45) is 0 Å². The van der Waals surface area contributed by atoms with Crippen molar-refractivity contribution in [3.63, 3.8) is 0 Å². The predicted molar refractivity (Wildman–Crippen MR) is 78.4 cm³/mol. The van der Waals surface area contributed by atoms with Crippen molar-refractivity contribution in [3.8, 4) is 5.75 Å². The van der Waals surface area contributed by atoms with Crippen LogP contribution in [0.25, 0.3) is 6.08 Å². The summed E-state index contributed by atoms with van der Waals surface area (Å²) >= 11 is 0. The summed E-state index contributed by atoms with van der Waals surface area (Å²) in [4.78, 5) is 10.4. The highest BCUT2D eigenvalue weighted by atomic mass is 16.5. The molecule has 1 N–H and O–H groups in total. The van der Waals surface area contributed by atoms with Crippen LogP contribution in [0.1, 0.15) is 18.4 Å². The summed E-state index contributed by atoms with van der Waals surface area (Å²) in [6.45, 7) is 2.61. The van der Waals surface area contributed by atoms with E-state index in [1.807, 2.05) is 24.3 Å². The lowest BCUT2D eigenvalue weighted by atomic mass is 10.2. The molecule has 0 bridgehead atoms. The third-order valence-corrected chi connectivity index (χ3v) is 3.17. The first-order valence-corrected chi connectivity index (χ1v) is 7.07. The van der Waals surface area contributed by atoms with Gasteiger partial charge >= 0.3 is 5.97 Å². The Morgan fingerprint density at radius 2 is 1.95 bits per heavy atom. The monoisotopic (exact) mass is 292 g/mol. The fourth-order valence-electron chi connectivity index (χ4n) is 2.06. The van der Waals surface area contributed by atoms with E-state index in [0.717, 1.165) is 43.4 Å². The summed E-state index contributed by atoms with van der Waals surface area (Å²) in [6, 6.07) is 7.26. The van der Waals surface area contributed by atoms with Gasteiger partial charge in [0.1, 0.15) is 12.4 Å². The molecule has 0 radical (unpaired) electrons. The van der Waals surface area contributed by atoms with E-state index in [1.54, 1.807) is 6.08 Å². The van der Waals surface area contributed by atoms with Crippen LogP contribution < -0.4 is 4.74 Å². The number of aliphatic carboxylic acids is 1. The van der Waals surface area contributed by atoms with Crippen molar-refractivity contribution in [3.05, 3.63) is 35.9 Å². The van der Waals surface area contributed by atoms with E-state index in [0.29, 0.717) is 13.2 Å². The number of hydrogen-bond acceptors (Lipinski definition) is 4. The quantitative estimate of drug-likeness (QED) is 0.617. The number of carboxylic acids is 1. The maximum atomic E-state index is 10.4. The second-order valence-electron chi connectivity index (χ2n) is 4.77. The van der Waals surface area contributed by atoms with Crippen molar-refractivity contribution in [1.82, 2.24) is 0 Å². The van der Waals surface area contributed by atoms with Gasteiger partial charge in [-0.15, -0.1) is 0 Å². The minimum atomic E-state index is -0.958. The molecule has 1 heterocycles. The SMILES string of the molecule is O=C(O)C=Cc1ccc(OCCOC2CCOCC2)cc1. The Morgan fingerprint density at radius 3 is 2.62 bits per heavy atom. The molecule has 0 aromatic heterocycles. The Balaban J connectivity index is 1.67. The van der Waals surface area contributed by atoms with E-state index in [2.05, 4.69) is 0 Å². The van der Waals surface area contributed by atoms with Gasteiger partial charge in [-0.25, -0.2) is 4.79 Å². The summed E-state index contributed by atoms with van der Waals surface area (Å²) in [5.74, 6) is -0.210. The molecule has 2 rings (SSSR count). The highest BCUT2D eigenvalue weighted by molar-refractivity contribution is 5.85. The summed E-state index contributed by atoms with van der Waals surface area (Å²) in [7, 11) is 0. The van der Waals surface area contributed by atoms with Gasteiger partial charge in [0.05, 0.1) is 12.7 Å². The van der Waals surface area contributed by atoms with E-state index in [1.165, 1.54) is 0 Å². The summed E-state index contributed by atoms with van der Waals surface area (Å²) in [5.41, 5.74) is 0.822. The molecule has 5 heteroatoms. The second kappa shape index (κ2) is 8.44. The van der Waals surface area contributed by atoms with Crippen LogP contribution in [0.15, 0.2) is 30.3 Å². The van der Waals surface area contributed by atoms with E-state index >= 15 is 0 Å². The molecule has 0 aliphatic carbocycles. The minimum Gasteiger partial charge on any atom is -0.491 e. The van der Waals surface area contributed by atoms with Crippen LogP contribution in [0.4, 0.5) is 0 Å². The van der Waals surface area contributed by atoms with Gasteiger partial charge in [-0.2, -0.15) is 0 Å². The van der Waals surface area contributed by atoms with Gasteiger partial charge in [0.15, 0.2) is 0 Å². The lowest BCUT2D eigenvalue weighted by Gasteiger charge is -2.22. The first-order chi connectivity index (χ1) is 10.2. The third-order valence-electron chi connectivity index (χ3n) is 3.17. The van der Waals surface area contributed by atoms with Gasteiger partial charge < -0.3 is 19.3 Å². The minimum absolute atomic E-state index is 0.283. The molecule has 1 aliphatic heterocycles. The summed E-state index contributed by atoms with van der Waals surface area (Å²) in [5, 5.41) is 8.55. The van der Waals surface area contributed by atoms with Crippen LogP contribution in [0.3, 0.4) is 0 Å². The molecule has 21 heavy (non-hydrogen) atoms. The maximum Gasteiger partial charge on any atom is 0.328 e. The summed E-state index contributed by atoms with van der Waals surface area (Å²) < 4.78 is 16.6. The number of rotatable bonds is 7. The van der Waals surface area contributed by atoms with E-state index in [-0.39, 0.29) is 6.10 Å². The van der Waals surface area contributed by atoms with Crippen LogP contribution in [-0.4, -0.2) is 43.6 Å². The highest BCUT2D eigenvalue weighted by Crippen LogP contribution is 2.14. The third kappa shape index (κ3) is 5.97. The van der Waals surface area contributed by atoms with Gasteiger partial charge in [0.25, 0.3) is 0 Å². The number of hydrogen-bond donors (Lipinski definition) is 1. The Kier molecular flexibility index (Phi) is 6.24. The molecule has 1 saturated heterocycles. The Morgan fingerprint density at radius 1 is 1.24 bits per heavy atom. The summed E-state index contributed by atoms with van der Waals surface area (Å²) in [6.07, 6.45) is 4.83. The first-order valence-electron chi connectivity index (χ1n) is 7.07. The highest BCUT2D eigenvalue weighted by Gasteiger charge is 2.13. The van der Waals surface area contributed by atoms with Crippen molar-refractivity contribution >= 4 is 12.0 Å². The standard InChI is InChI=1S/C16H20O5/c17-16(18)6-3-13-1-4-14(5-2-13)20-11-12-21-15-7-9-19-10-8-15/h1-6,15H,7-12H2,(H,17,18). The van der Waals surface area contributed by atoms with E-state index in [4.69, 9.17) is 19.3 Å². The predicted octanol–water partition coefficient (Wildman–Crippen LogP) is 2.36. The van der Waals surface area contributed by atoms with Gasteiger partial charge in [0.2, 0.25) is 0 Å². The molecule has 0 atom stereocenters. The molecule has 0 saturated carbocycles. The smallest absolute Gasteiger partial charge is 0.328 e. The molecule has 1 aromatic carbocycles. The molecular formula is C16H20O5. The number of carboxylic acid groups (broad SMARTS) is 1. The fraction of sp³-hybridized carbons (Fsp3) is 0.438. The zero-order valence-electron chi connectivity index (χ0n) is 11.9.